The summed E-state index contributed by atoms with van der Waals surface area (Å²) in [5, 5.41) is 20.7. The number of rotatable bonds is 2. The fraction of sp³-hybridized carbons (Fsp3) is 0. The Morgan fingerprint density at radius 2 is 2.29 bits per heavy atom. The number of tetrazole rings is 1. The second-order valence-electron chi connectivity index (χ2n) is 2.39. The van der Waals surface area contributed by atoms with Crippen LogP contribution in [0.25, 0.3) is 5.82 Å². The molecule has 0 spiro atoms. The van der Waals surface area contributed by atoms with Gasteiger partial charge >= 0.3 is 0 Å². The van der Waals surface area contributed by atoms with Gasteiger partial charge in [-0.2, -0.15) is 4.68 Å². The van der Waals surface area contributed by atoms with E-state index in [9.17, 15) is 10.1 Å². The van der Waals surface area contributed by atoms with Crippen LogP contribution >= 0.6 is 0 Å². The maximum absolute atomic E-state index is 10.3. The number of nitrogens with zero attached hydrogens (tertiary/aromatic N) is 6. The number of pyridine rings is 1. The van der Waals surface area contributed by atoms with Gasteiger partial charge in [-0.3, -0.25) is 10.1 Å². The molecule has 0 aliphatic carbocycles. The van der Waals surface area contributed by atoms with Crippen molar-refractivity contribution in [1.82, 2.24) is 25.2 Å². The summed E-state index contributed by atoms with van der Waals surface area (Å²) in [4.78, 5) is 13.6. The van der Waals surface area contributed by atoms with Crippen molar-refractivity contribution in [2.75, 3.05) is 0 Å². The standard InChI is InChI=1S/C6H4N6O2/c13-12(14)5-1-2-6(7-3-5)11-4-8-9-10-11/h1-4H. The van der Waals surface area contributed by atoms with E-state index in [2.05, 4.69) is 20.5 Å². The first-order valence-electron chi connectivity index (χ1n) is 3.61. The van der Waals surface area contributed by atoms with Crippen LogP contribution in [0, 0.1) is 10.1 Å². The Labute approximate surface area is 77.3 Å². The summed E-state index contributed by atoms with van der Waals surface area (Å²) in [6.45, 7) is 0. The molecule has 0 saturated heterocycles. The number of hydrogen-bond donors (Lipinski definition) is 0. The predicted octanol–water partition coefficient (Wildman–Crippen LogP) is -0.0345. The number of aromatic nitrogens is 5. The summed E-state index contributed by atoms with van der Waals surface area (Å²) < 4.78 is 1.31. The van der Waals surface area contributed by atoms with Gasteiger partial charge in [-0.1, -0.05) is 0 Å². The summed E-state index contributed by atoms with van der Waals surface area (Å²) in [7, 11) is 0. The van der Waals surface area contributed by atoms with E-state index in [1.165, 1.54) is 23.1 Å². The van der Waals surface area contributed by atoms with Crippen molar-refractivity contribution in [2.24, 2.45) is 0 Å². The molecule has 8 nitrogen and oxygen atoms in total. The highest BCUT2D eigenvalue weighted by Crippen LogP contribution is 2.10. The second-order valence-corrected chi connectivity index (χ2v) is 2.39. The lowest BCUT2D eigenvalue weighted by atomic mass is 10.4. The molecule has 14 heavy (non-hydrogen) atoms. The molecule has 2 aromatic heterocycles. The van der Waals surface area contributed by atoms with Gasteiger partial charge < -0.3 is 0 Å². The van der Waals surface area contributed by atoms with Crippen LogP contribution in [0.5, 0.6) is 0 Å². The molecule has 0 atom stereocenters. The average molecular weight is 192 g/mol. The molecule has 0 unspecified atom stereocenters. The minimum absolute atomic E-state index is 0.0678. The monoisotopic (exact) mass is 192 g/mol. The van der Waals surface area contributed by atoms with Gasteiger partial charge in [0, 0.05) is 6.07 Å². The van der Waals surface area contributed by atoms with Gasteiger partial charge in [0.05, 0.1) is 4.92 Å². The Morgan fingerprint density at radius 1 is 1.43 bits per heavy atom. The van der Waals surface area contributed by atoms with E-state index < -0.39 is 4.92 Å². The molecule has 2 aromatic rings. The lowest BCUT2D eigenvalue weighted by Crippen LogP contribution is -1.98. The highest BCUT2D eigenvalue weighted by molar-refractivity contribution is 5.31. The molecule has 0 amide bonds. The first kappa shape index (κ1) is 8.23. The lowest BCUT2D eigenvalue weighted by Gasteiger charge is -1.95. The molecule has 0 fully saturated rings. The van der Waals surface area contributed by atoms with Crippen molar-refractivity contribution in [3.63, 3.8) is 0 Å². The van der Waals surface area contributed by atoms with Gasteiger partial charge in [0.2, 0.25) is 0 Å². The Morgan fingerprint density at radius 3 is 2.79 bits per heavy atom. The molecule has 2 rings (SSSR count). The van der Waals surface area contributed by atoms with Crippen LogP contribution in [0.15, 0.2) is 24.7 Å². The van der Waals surface area contributed by atoms with Gasteiger partial charge in [0.25, 0.3) is 5.69 Å². The van der Waals surface area contributed by atoms with E-state index in [0.29, 0.717) is 5.82 Å². The summed E-state index contributed by atoms with van der Waals surface area (Å²) in [6, 6.07) is 2.80. The lowest BCUT2D eigenvalue weighted by molar-refractivity contribution is -0.385. The maximum Gasteiger partial charge on any atom is 0.287 e. The van der Waals surface area contributed by atoms with Crippen molar-refractivity contribution in [3.05, 3.63) is 34.8 Å². The van der Waals surface area contributed by atoms with Crippen molar-refractivity contribution < 1.29 is 4.92 Å². The van der Waals surface area contributed by atoms with E-state index in [1.807, 2.05) is 0 Å². The molecule has 0 saturated carbocycles. The van der Waals surface area contributed by atoms with Crippen molar-refractivity contribution in [3.8, 4) is 5.82 Å². The van der Waals surface area contributed by atoms with Gasteiger partial charge in [-0.15, -0.1) is 5.10 Å². The highest BCUT2D eigenvalue weighted by Gasteiger charge is 2.06. The van der Waals surface area contributed by atoms with Crippen LogP contribution in [0.1, 0.15) is 0 Å². The van der Waals surface area contributed by atoms with E-state index in [-0.39, 0.29) is 5.69 Å². The average Bonchev–Trinajstić information content (AvgIpc) is 2.71. The highest BCUT2D eigenvalue weighted by atomic mass is 16.6. The topological polar surface area (TPSA) is 99.6 Å². The summed E-state index contributed by atoms with van der Waals surface area (Å²) in [5.74, 6) is 0.431. The second kappa shape index (κ2) is 3.17. The van der Waals surface area contributed by atoms with Crippen LogP contribution in [-0.4, -0.2) is 30.1 Å². The molecule has 0 aromatic carbocycles. The van der Waals surface area contributed by atoms with Crippen molar-refractivity contribution in [2.45, 2.75) is 0 Å². The number of hydrogen-bond acceptors (Lipinski definition) is 6. The Balaban J connectivity index is 2.36. The van der Waals surface area contributed by atoms with Gasteiger partial charge in [0.1, 0.15) is 12.5 Å². The molecule has 0 aliphatic heterocycles. The Hall–Kier alpha value is -2.38. The third-order valence-electron chi connectivity index (χ3n) is 1.53. The maximum atomic E-state index is 10.3. The first-order valence-corrected chi connectivity index (χ1v) is 3.61. The van der Waals surface area contributed by atoms with Gasteiger partial charge in [0.15, 0.2) is 5.82 Å². The first-order chi connectivity index (χ1) is 6.77. The van der Waals surface area contributed by atoms with Gasteiger partial charge in [-0.05, 0) is 16.5 Å². The largest absolute Gasteiger partial charge is 0.287 e. The molecule has 0 N–H and O–H groups in total. The van der Waals surface area contributed by atoms with Crippen LogP contribution in [0.3, 0.4) is 0 Å². The van der Waals surface area contributed by atoms with Crippen LogP contribution in [0.2, 0.25) is 0 Å². The fourth-order valence-electron chi connectivity index (χ4n) is 0.888. The van der Waals surface area contributed by atoms with E-state index >= 15 is 0 Å². The zero-order valence-electron chi connectivity index (χ0n) is 6.81. The summed E-state index contributed by atoms with van der Waals surface area (Å²) in [6.07, 6.45) is 2.51. The van der Waals surface area contributed by atoms with E-state index in [1.54, 1.807) is 0 Å². The summed E-state index contributed by atoms with van der Waals surface area (Å²) in [5.41, 5.74) is -0.0678. The molecule has 0 bridgehead atoms. The Bertz CT molecular complexity index is 436. The molecular formula is C6H4N6O2. The Kier molecular flexibility index (Phi) is 1.86. The van der Waals surface area contributed by atoms with Crippen LogP contribution < -0.4 is 0 Å². The molecular weight excluding hydrogens is 188 g/mol. The fourth-order valence-corrected chi connectivity index (χ4v) is 0.888. The molecule has 0 aliphatic rings. The smallest absolute Gasteiger partial charge is 0.258 e. The van der Waals surface area contributed by atoms with Gasteiger partial charge in [-0.25, -0.2) is 4.98 Å². The van der Waals surface area contributed by atoms with E-state index in [4.69, 9.17) is 0 Å². The SMILES string of the molecule is O=[N+]([O-])c1ccc(-n2cnnn2)nc1. The molecule has 70 valence electrons. The summed E-state index contributed by atoms with van der Waals surface area (Å²) >= 11 is 0. The minimum Gasteiger partial charge on any atom is -0.258 e. The number of nitro groups is 1. The minimum atomic E-state index is -0.517. The molecule has 0 radical (unpaired) electrons. The van der Waals surface area contributed by atoms with E-state index in [0.717, 1.165) is 6.20 Å². The molecule has 8 heteroatoms. The normalized spacial score (nSPS) is 10.0. The van der Waals surface area contributed by atoms with Crippen LogP contribution in [-0.2, 0) is 0 Å². The zero-order chi connectivity index (χ0) is 9.97. The quantitative estimate of drug-likeness (QED) is 0.489. The zero-order valence-corrected chi connectivity index (χ0v) is 6.81. The van der Waals surface area contributed by atoms with Crippen molar-refractivity contribution >= 4 is 5.69 Å². The predicted molar refractivity (Wildman–Crippen MR) is 43.6 cm³/mol. The third kappa shape index (κ3) is 1.40. The third-order valence-corrected chi connectivity index (χ3v) is 1.53. The van der Waals surface area contributed by atoms with Crippen LogP contribution in [0.4, 0.5) is 5.69 Å². The van der Waals surface area contributed by atoms with Crippen molar-refractivity contribution in [1.29, 1.82) is 0 Å². The molecule has 2 heterocycles.